The molecule has 27 heavy (non-hydrogen) atoms. The van der Waals surface area contributed by atoms with Crippen molar-refractivity contribution in [1.82, 2.24) is 0 Å². The van der Waals surface area contributed by atoms with E-state index in [1.54, 1.807) is 49.6 Å². The van der Waals surface area contributed by atoms with E-state index < -0.39 is 18.0 Å². The fraction of sp³-hybridized carbons (Fsp3) is 0.300. The second-order valence-electron chi connectivity index (χ2n) is 5.71. The minimum Gasteiger partial charge on any atom is -0.496 e. The number of hydrogen-bond donors (Lipinski definition) is 1. The third kappa shape index (κ3) is 5.98. The van der Waals surface area contributed by atoms with Gasteiger partial charge in [0.1, 0.15) is 5.75 Å². The van der Waals surface area contributed by atoms with Gasteiger partial charge in [-0.1, -0.05) is 17.7 Å². The van der Waals surface area contributed by atoms with Gasteiger partial charge in [-0.15, -0.1) is 0 Å². The SMILES string of the molecule is CCOCc1cc(C(=O)O[C@@H](C)C(=O)Nc2cccc(Cl)c2)ccc1OC. The number of carbonyl (C=O) groups is 2. The number of methoxy groups -OCH3 is 1. The highest BCUT2D eigenvalue weighted by molar-refractivity contribution is 6.30. The third-order valence-electron chi connectivity index (χ3n) is 3.72. The Bertz CT molecular complexity index is 809. The molecule has 0 unspecified atom stereocenters. The normalized spacial score (nSPS) is 11.6. The molecule has 1 amide bonds. The average Bonchev–Trinajstić information content (AvgIpc) is 2.65. The monoisotopic (exact) mass is 391 g/mol. The molecule has 0 fully saturated rings. The van der Waals surface area contributed by atoms with Crippen molar-refractivity contribution < 1.29 is 23.8 Å². The maximum atomic E-state index is 12.4. The van der Waals surface area contributed by atoms with Gasteiger partial charge in [0, 0.05) is 22.9 Å². The smallest absolute Gasteiger partial charge is 0.338 e. The predicted octanol–water partition coefficient (Wildman–Crippen LogP) is 4.07. The number of rotatable bonds is 8. The highest BCUT2D eigenvalue weighted by atomic mass is 35.5. The van der Waals surface area contributed by atoms with E-state index in [1.165, 1.54) is 6.92 Å². The number of amides is 1. The van der Waals surface area contributed by atoms with Crippen molar-refractivity contribution in [1.29, 1.82) is 0 Å². The van der Waals surface area contributed by atoms with E-state index >= 15 is 0 Å². The van der Waals surface area contributed by atoms with Crippen LogP contribution in [0.3, 0.4) is 0 Å². The van der Waals surface area contributed by atoms with Gasteiger partial charge in [-0.2, -0.15) is 0 Å². The molecule has 0 radical (unpaired) electrons. The van der Waals surface area contributed by atoms with Crippen LogP contribution in [0.1, 0.15) is 29.8 Å². The molecule has 7 heteroatoms. The third-order valence-corrected chi connectivity index (χ3v) is 3.96. The molecule has 6 nitrogen and oxygen atoms in total. The number of benzene rings is 2. The van der Waals surface area contributed by atoms with Gasteiger partial charge in [0.05, 0.1) is 19.3 Å². The van der Waals surface area contributed by atoms with E-state index in [2.05, 4.69) is 5.32 Å². The first-order valence-electron chi connectivity index (χ1n) is 8.46. The molecular weight excluding hydrogens is 370 g/mol. The summed E-state index contributed by atoms with van der Waals surface area (Å²) in [4.78, 5) is 24.6. The highest BCUT2D eigenvalue weighted by Crippen LogP contribution is 2.22. The van der Waals surface area contributed by atoms with Gasteiger partial charge in [0.15, 0.2) is 6.10 Å². The largest absolute Gasteiger partial charge is 0.496 e. The molecule has 1 atom stereocenters. The molecule has 0 aromatic heterocycles. The number of anilines is 1. The van der Waals surface area contributed by atoms with Crippen LogP contribution in [-0.4, -0.2) is 31.7 Å². The lowest BCUT2D eigenvalue weighted by atomic mass is 10.1. The summed E-state index contributed by atoms with van der Waals surface area (Å²) in [6.07, 6.45) is -0.978. The number of carbonyl (C=O) groups excluding carboxylic acids is 2. The summed E-state index contributed by atoms with van der Waals surface area (Å²) in [5.41, 5.74) is 1.57. The van der Waals surface area contributed by atoms with E-state index in [0.717, 1.165) is 5.56 Å². The van der Waals surface area contributed by atoms with Crippen molar-refractivity contribution in [2.24, 2.45) is 0 Å². The molecule has 2 aromatic rings. The molecule has 0 saturated carbocycles. The van der Waals surface area contributed by atoms with Crippen LogP contribution in [0.15, 0.2) is 42.5 Å². The van der Waals surface area contributed by atoms with E-state index in [1.807, 2.05) is 6.92 Å². The molecule has 144 valence electrons. The van der Waals surface area contributed by atoms with Gasteiger partial charge in [-0.3, -0.25) is 4.79 Å². The Morgan fingerprint density at radius 1 is 1.19 bits per heavy atom. The number of hydrogen-bond acceptors (Lipinski definition) is 5. The first kappa shape index (κ1) is 20.7. The fourth-order valence-electron chi connectivity index (χ4n) is 2.32. The first-order valence-corrected chi connectivity index (χ1v) is 8.84. The number of halogens is 1. The van der Waals surface area contributed by atoms with Crippen LogP contribution >= 0.6 is 11.6 Å². The van der Waals surface area contributed by atoms with Crippen molar-refractivity contribution in [3.8, 4) is 5.75 Å². The number of ether oxygens (including phenoxy) is 3. The lowest BCUT2D eigenvalue weighted by Gasteiger charge is -2.15. The van der Waals surface area contributed by atoms with Crippen LogP contribution in [-0.2, 0) is 20.9 Å². The van der Waals surface area contributed by atoms with E-state index in [9.17, 15) is 9.59 Å². The minimum atomic E-state index is -0.978. The van der Waals surface area contributed by atoms with Gasteiger partial charge in [0.2, 0.25) is 0 Å². The molecule has 0 heterocycles. The second kappa shape index (κ2) is 9.94. The summed E-state index contributed by atoms with van der Waals surface area (Å²) in [6, 6.07) is 11.6. The molecular formula is C20H22ClNO5. The van der Waals surface area contributed by atoms with Gasteiger partial charge in [-0.05, 0) is 50.2 Å². The summed E-state index contributed by atoms with van der Waals surface area (Å²) in [7, 11) is 1.55. The molecule has 0 saturated heterocycles. The van der Waals surface area contributed by atoms with Crippen LogP contribution in [0.5, 0.6) is 5.75 Å². The van der Waals surface area contributed by atoms with Crippen molar-refractivity contribution >= 4 is 29.2 Å². The molecule has 0 bridgehead atoms. The van der Waals surface area contributed by atoms with Gasteiger partial charge >= 0.3 is 5.97 Å². The number of nitrogens with one attached hydrogen (secondary N) is 1. The Kier molecular flexibility index (Phi) is 7.64. The van der Waals surface area contributed by atoms with Crippen LogP contribution < -0.4 is 10.1 Å². The van der Waals surface area contributed by atoms with Crippen molar-refractivity contribution in [2.75, 3.05) is 19.0 Å². The second-order valence-corrected chi connectivity index (χ2v) is 6.15. The van der Waals surface area contributed by atoms with E-state index in [0.29, 0.717) is 35.2 Å². The first-order chi connectivity index (χ1) is 12.9. The molecule has 2 aromatic carbocycles. The highest BCUT2D eigenvalue weighted by Gasteiger charge is 2.20. The number of esters is 1. The van der Waals surface area contributed by atoms with Crippen LogP contribution in [0, 0.1) is 0 Å². The topological polar surface area (TPSA) is 73.9 Å². The van der Waals surface area contributed by atoms with Crippen molar-refractivity contribution in [3.63, 3.8) is 0 Å². The van der Waals surface area contributed by atoms with Crippen LogP contribution in [0.4, 0.5) is 5.69 Å². The molecule has 0 spiro atoms. The van der Waals surface area contributed by atoms with Crippen LogP contribution in [0.2, 0.25) is 5.02 Å². The van der Waals surface area contributed by atoms with E-state index in [4.69, 9.17) is 25.8 Å². The predicted molar refractivity (Wildman–Crippen MR) is 103 cm³/mol. The quantitative estimate of drug-likeness (QED) is 0.686. The van der Waals surface area contributed by atoms with Crippen LogP contribution in [0.25, 0.3) is 0 Å². The average molecular weight is 392 g/mol. The maximum Gasteiger partial charge on any atom is 0.338 e. The Hall–Kier alpha value is -2.57. The zero-order valence-electron chi connectivity index (χ0n) is 15.5. The van der Waals surface area contributed by atoms with Crippen molar-refractivity contribution in [2.45, 2.75) is 26.6 Å². The zero-order chi connectivity index (χ0) is 19.8. The Morgan fingerprint density at radius 3 is 2.63 bits per heavy atom. The summed E-state index contributed by atoms with van der Waals surface area (Å²) < 4.78 is 15.9. The lowest BCUT2D eigenvalue weighted by Crippen LogP contribution is -2.30. The zero-order valence-corrected chi connectivity index (χ0v) is 16.2. The van der Waals surface area contributed by atoms with E-state index in [-0.39, 0.29) is 0 Å². The van der Waals surface area contributed by atoms with Crippen molar-refractivity contribution in [3.05, 3.63) is 58.6 Å². The summed E-state index contributed by atoms with van der Waals surface area (Å²) in [6.45, 7) is 4.23. The standard InChI is InChI=1S/C20H22ClNO5/c1-4-26-12-15-10-14(8-9-18(15)25-3)20(24)27-13(2)19(23)22-17-7-5-6-16(21)11-17/h5-11,13H,4,12H2,1-3H3,(H,22,23)/t13-/m0/s1. The fourth-order valence-corrected chi connectivity index (χ4v) is 2.51. The molecule has 0 aliphatic heterocycles. The minimum absolute atomic E-state index is 0.311. The Morgan fingerprint density at radius 2 is 1.96 bits per heavy atom. The molecule has 0 aliphatic carbocycles. The lowest BCUT2D eigenvalue weighted by molar-refractivity contribution is -0.123. The van der Waals surface area contributed by atoms with Gasteiger partial charge in [-0.25, -0.2) is 4.79 Å². The summed E-state index contributed by atoms with van der Waals surface area (Å²) in [5, 5.41) is 3.15. The maximum absolute atomic E-state index is 12.4. The molecule has 0 aliphatic rings. The van der Waals surface area contributed by atoms with Gasteiger partial charge in [0.25, 0.3) is 5.91 Å². The Balaban J connectivity index is 2.03. The summed E-state index contributed by atoms with van der Waals surface area (Å²) >= 11 is 5.89. The Labute approximate surface area is 163 Å². The summed E-state index contributed by atoms with van der Waals surface area (Å²) in [5.74, 6) is -0.440. The molecule has 1 N–H and O–H groups in total. The van der Waals surface area contributed by atoms with Gasteiger partial charge < -0.3 is 19.5 Å². The molecule has 2 rings (SSSR count).